The highest BCUT2D eigenvalue weighted by molar-refractivity contribution is 8.00. The number of thioether (sulfide) groups is 1. The third-order valence-electron chi connectivity index (χ3n) is 3.57. The number of benzene rings is 3. The van der Waals surface area contributed by atoms with Crippen LogP contribution in [0.3, 0.4) is 0 Å². The maximum absolute atomic E-state index is 12.1. The summed E-state index contributed by atoms with van der Waals surface area (Å²) in [6, 6.07) is 18.5. The molecule has 0 aliphatic rings. The van der Waals surface area contributed by atoms with E-state index in [1.165, 1.54) is 23.9 Å². The SMILES string of the molecule is O=C(CSc1ccc2ccccc2c1)Nc1ccc(Cl)c(C(=O)O)c1. The van der Waals surface area contributed by atoms with Crippen molar-refractivity contribution in [2.45, 2.75) is 4.90 Å². The Kier molecular flexibility index (Phi) is 5.26. The van der Waals surface area contributed by atoms with Gasteiger partial charge in [0.1, 0.15) is 0 Å². The van der Waals surface area contributed by atoms with Gasteiger partial charge in [-0.1, -0.05) is 41.9 Å². The molecule has 0 aliphatic heterocycles. The van der Waals surface area contributed by atoms with Crippen molar-refractivity contribution in [1.29, 1.82) is 0 Å². The fourth-order valence-corrected chi connectivity index (χ4v) is 3.31. The number of amides is 1. The number of aromatic carboxylic acids is 1. The summed E-state index contributed by atoms with van der Waals surface area (Å²) < 4.78 is 0. The first-order chi connectivity index (χ1) is 12.0. The predicted molar refractivity (Wildman–Crippen MR) is 102 cm³/mol. The fraction of sp³-hybridized carbons (Fsp3) is 0.0526. The van der Waals surface area contributed by atoms with Crippen LogP contribution in [0.4, 0.5) is 5.69 Å². The summed E-state index contributed by atoms with van der Waals surface area (Å²) in [7, 11) is 0. The molecule has 3 aromatic carbocycles. The average Bonchev–Trinajstić information content (AvgIpc) is 2.61. The van der Waals surface area contributed by atoms with E-state index in [2.05, 4.69) is 5.32 Å². The standard InChI is InChI=1S/C19H14ClNO3S/c20-17-8-6-14(10-16(17)19(23)24)21-18(22)11-25-15-7-5-12-3-1-2-4-13(12)9-15/h1-10H,11H2,(H,21,22)(H,23,24). The first kappa shape index (κ1) is 17.3. The zero-order valence-corrected chi connectivity index (χ0v) is 14.6. The Morgan fingerprint density at radius 1 is 1.00 bits per heavy atom. The van der Waals surface area contributed by atoms with E-state index in [1.807, 2.05) is 42.5 Å². The number of carboxylic acid groups (broad SMARTS) is 1. The van der Waals surface area contributed by atoms with Gasteiger partial charge >= 0.3 is 5.97 Å². The van der Waals surface area contributed by atoms with E-state index in [9.17, 15) is 9.59 Å². The molecule has 0 atom stereocenters. The highest BCUT2D eigenvalue weighted by atomic mass is 35.5. The molecule has 0 bridgehead atoms. The molecular weight excluding hydrogens is 358 g/mol. The number of rotatable bonds is 5. The zero-order chi connectivity index (χ0) is 17.8. The maximum Gasteiger partial charge on any atom is 0.337 e. The minimum absolute atomic E-state index is 0.0401. The largest absolute Gasteiger partial charge is 0.478 e. The molecule has 0 heterocycles. The zero-order valence-electron chi connectivity index (χ0n) is 13.0. The lowest BCUT2D eigenvalue weighted by atomic mass is 10.1. The van der Waals surface area contributed by atoms with Crippen LogP contribution in [0.25, 0.3) is 10.8 Å². The van der Waals surface area contributed by atoms with E-state index in [0.29, 0.717) is 5.69 Å². The van der Waals surface area contributed by atoms with Crippen molar-refractivity contribution in [2.75, 3.05) is 11.1 Å². The lowest BCUT2D eigenvalue weighted by molar-refractivity contribution is -0.113. The fourth-order valence-electron chi connectivity index (χ4n) is 2.37. The van der Waals surface area contributed by atoms with Crippen LogP contribution in [-0.4, -0.2) is 22.7 Å². The van der Waals surface area contributed by atoms with Crippen LogP contribution in [0.5, 0.6) is 0 Å². The van der Waals surface area contributed by atoms with E-state index >= 15 is 0 Å². The Morgan fingerprint density at radius 2 is 1.76 bits per heavy atom. The second-order valence-corrected chi connectivity index (χ2v) is 6.80. The number of anilines is 1. The van der Waals surface area contributed by atoms with Gasteiger partial charge in [0, 0.05) is 10.6 Å². The molecule has 6 heteroatoms. The number of hydrogen-bond donors (Lipinski definition) is 2. The Balaban J connectivity index is 1.64. The van der Waals surface area contributed by atoms with Gasteiger partial charge in [0.05, 0.1) is 16.3 Å². The molecule has 3 aromatic rings. The molecule has 4 nitrogen and oxygen atoms in total. The molecule has 0 aliphatic carbocycles. The number of nitrogens with one attached hydrogen (secondary N) is 1. The number of carbonyl (C=O) groups excluding carboxylic acids is 1. The summed E-state index contributed by atoms with van der Waals surface area (Å²) in [6.45, 7) is 0. The molecule has 126 valence electrons. The first-order valence-electron chi connectivity index (χ1n) is 7.47. The Labute approximate surface area is 153 Å². The predicted octanol–water partition coefficient (Wildman–Crippen LogP) is 4.92. The monoisotopic (exact) mass is 371 g/mol. The minimum Gasteiger partial charge on any atom is -0.478 e. The summed E-state index contributed by atoms with van der Waals surface area (Å²) >= 11 is 7.24. The Morgan fingerprint density at radius 3 is 2.52 bits per heavy atom. The van der Waals surface area contributed by atoms with Gasteiger partial charge < -0.3 is 10.4 Å². The maximum atomic E-state index is 12.1. The van der Waals surface area contributed by atoms with Gasteiger partial charge in [0.2, 0.25) is 5.91 Å². The van der Waals surface area contributed by atoms with Crippen molar-refractivity contribution >= 4 is 51.7 Å². The quantitative estimate of drug-likeness (QED) is 0.624. The Hall–Kier alpha value is -2.50. The molecule has 0 aromatic heterocycles. The van der Waals surface area contributed by atoms with Crippen LogP contribution < -0.4 is 5.32 Å². The van der Waals surface area contributed by atoms with Gasteiger partial charge in [0.15, 0.2) is 0 Å². The Bertz CT molecular complexity index is 958. The van der Waals surface area contributed by atoms with Crippen molar-refractivity contribution in [1.82, 2.24) is 0 Å². The molecular formula is C19H14ClNO3S. The molecule has 0 spiro atoms. The van der Waals surface area contributed by atoms with E-state index in [0.717, 1.165) is 15.7 Å². The number of hydrogen-bond acceptors (Lipinski definition) is 3. The summed E-state index contributed by atoms with van der Waals surface area (Å²) in [4.78, 5) is 24.2. The number of carbonyl (C=O) groups is 2. The number of fused-ring (bicyclic) bond motifs is 1. The summed E-state index contributed by atoms with van der Waals surface area (Å²) in [5, 5.41) is 14.2. The summed E-state index contributed by atoms with van der Waals surface area (Å²) in [5.41, 5.74) is 0.368. The molecule has 0 saturated heterocycles. The molecule has 1 amide bonds. The van der Waals surface area contributed by atoms with Gasteiger partial charge in [-0.2, -0.15) is 0 Å². The van der Waals surface area contributed by atoms with Gasteiger partial charge in [-0.25, -0.2) is 4.79 Å². The molecule has 3 rings (SSSR count). The van der Waals surface area contributed by atoms with E-state index in [1.54, 1.807) is 6.07 Å². The van der Waals surface area contributed by atoms with Gasteiger partial charge in [-0.15, -0.1) is 11.8 Å². The molecule has 0 unspecified atom stereocenters. The van der Waals surface area contributed by atoms with Crippen molar-refractivity contribution in [2.24, 2.45) is 0 Å². The van der Waals surface area contributed by atoms with E-state index in [-0.39, 0.29) is 22.2 Å². The van der Waals surface area contributed by atoms with Crippen LogP contribution in [0.1, 0.15) is 10.4 Å². The van der Waals surface area contributed by atoms with Crippen LogP contribution >= 0.6 is 23.4 Å². The second-order valence-electron chi connectivity index (χ2n) is 5.35. The van der Waals surface area contributed by atoms with Crippen molar-refractivity contribution in [3.63, 3.8) is 0 Å². The van der Waals surface area contributed by atoms with Crippen LogP contribution in [-0.2, 0) is 4.79 Å². The third-order valence-corrected chi connectivity index (χ3v) is 4.89. The van der Waals surface area contributed by atoms with E-state index in [4.69, 9.17) is 16.7 Å². The van der Waals surface area contributed by atoms with Crippen LogP contribution in [0.15, 0.2) is 65.6 Å². The molecule has 25 heavy (non-hydrogen) atoms. The lowest BCUT2D eigenvalue weighted by Gasteiger charge is -2.08. The summed E-state index contributed by atoms with van der Waals surface area (Å²) in [5.74, 6) is -1.12. The highest BCUT2D eigenvalue weighted by Crippen LogP contribution is 2.24. The average molecular weight is 372 g/mol. The van der Waals surface area contributed by atoms with E-state index < -0.39 is 5.97 Å². The van der Waals surface area contributed by atoms with Crippen molar-refractivity contribution < 1.29 is 14.7 Å². The molecule has 0 saturated carbocycles. The second kappa shape index (κ2) is 7.59. The molecule has 0 fully saturated rings. The van der Waals surface area contributed by atoms with Gasteiger partial charge in [-0.3, -0.25) is 4.79 Å². The third kappa shape index (κ3) is 4.32. The lowest BCUT2D eigenvalue weighted by Crippen LogP contribution is -2.14. The topological polar surface area (TPSA) is 66.4 Å². The van der Waals surface area contributed by atoms with Gasteiger partial charge in [0.25, 0.3) is 0 Å². The molecule has 0 radical (unpaired) electrons. The smallest absolute Gasteiger partial charge is 0.337 e. The molecule has 2 N–H and O–H groups in total. The van der Waals surface area contributed by atoms with Crippen LogP contribution in [0, 0.1) is 0 Å². The number of carboxylic acids is 1. The van der Waals surface area contributed by atoms with Crippen molar-refractivity contribution in [3.05, 3.63) is 71.2 Å². The highest BCUT2D eigenvalue weighted by Gasteiger charge is 2.11. The first-order valence-corrected chi connectivity index (χ1v) is 8.83. The number of halogens is 1. The van der Waals surface area contributed by atoms with Crippen molar-refractivity contribution in [3.8, 4) is 0 Å². The van der Waals surface area contributed by atoms with Crippen LogP contribution in [0.2, 0.25) is 5.02 Å². The minimum atomic E-state index is -1.13. The normalized spacial score (nSPS) is 10.6. The summed E-state index contributed by atoms with van der Waals surface area (Å²) in [6.07, 6.45) is 0. The van der Waals surface area contributed by atoms with Gasteiger partial charge in [-0.05, 0) is 41.1 Å².